The third-order valence-corrected chi connectivity index (χ3v) is 4.46. The SMILES string of the molecule is Cc1cc(C(C)(C)C)ccc1N1CC2(CNC2)C1. The summed E-state index contributed by atoms with van der Waals surface area (Å²) in [6.45, 7) is 14.0. The van der Waals surface area contributed by atoms with Gasteiger partial charge in [-0.2, -0.15) is 0 Å². The van der Waals surface area contributed by atoms with Gasteiger partial charge in [-0.15, -0.1) is 0 Å². The maximum absolute atomic E-state index is 3.39. The highest BCUT2D eigenvalue weighted by molar-refractivity contribution is 5.58. The van der Waals surface area contributed by atoms with Gasteiger partial charge in [-0.1, -0.05) is 32.9 Å². The van der Waals surface area contributed by atoms with E-state index in [1.165, 1.54) is 43.0 Å². The van der Waals surface area contributed by atoms with E-state index in [1.54, 1.807) is 0 Å². The highest BCUT2D eigenvalue weighted by Gasteiger charge is 2.47. The van der Waals surface area contributed by atoms with Gasteiger partial charge in [0.15, 0.2) is 0 Å². The van der Waals surface area contributed by atoms with Gasteiger partial charge in [-0.05, 0) is 29.5 Å². The Morgan fingerprint density at radius 3 is 2.28 bits per heavy atom. The van der Waals surface area contributed by atoms with E-state index in [-0.39, 0.29) is 5.41 Å². The quantitative estimate of drug-likeness (QED) is 0.817. The van der Waals surface area contributed by atoms with Crippen LogP contribution in [-0.4, -0.2) is 26.2 Å². The highest BCUT2D eigenvalue weighted by atomic mass is 15.3. The van der Waals surface area contributed by atoms with Crippen LogP contribution < -0.4 is 10.2 Å². The van der Waals surface area contributed by atoms with Crippen LogP contribution in [0.15, 0.2) is 18.2 Å². The smallest absolute Gasteiger partial charge is 0.0396 e. The molecule has 0 radical (unpaired) electrons. The molecule has 2 saturated heterocycles. The van der Waals surface area contributed by atoms with Crippen LogP contribution in [0.2, 0.25) is 0 Å². The maximum atomic E-state index is 3.39. The first kappa shape index (κ1) is 12.0. The van der Waals surface area contributed by atoms with E-state index in [1.807, 2.05) is 0 Å². The standard InChI is InChI=1S/C16H24N2/c1-12-7-13(15(2,3)4)5-6-14(12)18-10-16(11-18)8-17-9-16/h5-7,17H,8-11H2,1-4H3. The summed E-state index contributed by atoms with van der Waals surface area (Å²) in [7, 11) is 0. The lowest BCUT2D eigenvalue weighted by Gasteiger charge is -2.57. The number of hydrogen-bond donors (Lipinski definition) is 1. The normalized spacial score (nSPS) is 21.7. The average molecular weight is 244 g/mol. The minimum Gasteiger partial charge on any atom is -0.370 e. The molecule has 0 atom stereocenters. The third kappa shape index (κ3) is 1.83. The van der Waals surface area contributed by atoms with Gasteiger partial charge in [0.05, 0.1) is 0 Å². The van der Waals surface area contributed by atoms with Crippen LogP contribution in [-0.2, 0) is 5.41 Å². The van der Waals surface area contributed by atoms with Gasteiger partial charge in [0.25, 0.3) is 0 Å². The molecule has 2 fully saturated rings. The zero-order valence-corrected chi connectivity index (χ0v) is 12.0. The van der Waals surface area contributed by atoms with Crippen LogP contribution in [0.4, 0.5) is 5.69 Å². The Morgan fingerprint density at radius 1 is 1.17 bits per heavy atom. The van der Waals surface area contributed by atoms with Crippen molar-refractivity contribution in [3.05, 3.63) is 29.3 Å². The first-order valence-electron chi connectivity index (χ1n) is 6.97. The predicted molar refractivity (Wildman–Crippen MR) is 77.4 cm³/mol. The molecule has 2 heterocycles. The van der Waals surface area contributed by atoms with E-state index in [0.29, 0.717) is 5.41 Å². The molecule has 18 heavy (non-hydrogen) atoms. The molecule has 0 aliphatic carbocycles. The fraction of sp³-hybridized carbons (Fsp3) is 0.625. The summed E-state index contributed by atoms with van der Waals surface area (Å²) in [5.74, 6) is 0. The highest BCUT2D eigenvalue weighted by Crippen LogP contribution is 2.39. The molecule has 2 aliphatic rings. The number of anilines is 1. The van der Waals surface area contributed by atoms with E-state index in [4.69, 9.17) is 0 Å². The first-order valence-corrected chi connectivity index (χ1v) is 6.97. The number of nitrogens with one attached hydrogen (secondary N) is 1. The Kier molecular flexibility index (Phi) is 2.50. The molecule has 0 bridgehead atoms. The van der Waals surface area contributed by atoms with Crippen molar-refractivity contribution >= 4 is 5.69 Å². The molecule has 0 amide bonds. The summed E-state index contributed by atoms with van der Waals surface area (Å²) in [6, 6.07) is 6.97. The molecule has 2 aliphatic heterocycles. The summed E-state index contributed by atoms with van der Waals surface area (Å²) >= 11 is 0. The Balaban J connectivity index is 1.78. The minimum atomic E-state index is 0.247. The Morgan fingerprint density at radius 2 is 1.83 bits per heavy atom. The average Bonchev–Trinajstić information content (AvgIpc) is 2.14. The van der Waals surface area contributed by atoms with Crippen molar-refractivity contribution in [2.45, 2.75) is 33.1 Å². The predicted octanol–water partition coefficient (Wildman–Crippen LogP) is 2.70. The molecular formula is C16H24N2. The lowest BCUT2D eigenvalue weighted by atomic mass is 9.74. The second kappa shape index (κ2) is 3.74. The fourth-order valence-electron chi connectivity index (χ4n) is 3.11. The van der Waals surface area contributed by atoms with Crippen LogP contribution in [0.1, 0.15) is 31.9 Å². The van der Waals surface area contributed by atoms with Gasteiger partial charge in [-0.25, -0.2) is 0 Å². The number of benzene rings is 1. The number of aryl methyl sites for hydroxylation is 1. The van der Waals surface area contributed by atoms with Crippen molar-refractivity contribution in [2.75, 3.05) is 31.1 Å². The van der Waals surface area contributed by atoms with Gasteiger partial charge < -0.3 is 10.2 Å². The van der Waals surface area contributed by atoms with Gasteiger partial charge in [-0.3, -0.25) is 0 Å². The van der Waals surface area contributed by atoms with Crippen LogP contribution in [0, 0.1) is 12.3 Å². The van der Waals surface area contributed by atoms with Crippen molar-refractivity contribution in [1.82, 2.24) is 5.32 Å². The molecular weight excluding hydrogens is 220 g/mol. The van der Waals surface area contributed by atoms with E-state index in [2.05, 4.69) is 56.1 Å². The van der Waals surface area contributed by atoms with Crippen LogP contribution >= 0.6 is 0 Å². The molecule has 1 spiro atoms. The molecule has 1 N–H and O–H groups in total. The van der Waals surface area contributed by atoms with Gasteiger partial charge >= 0.3 is 0 Å². The van der Waals surface area contributed by atoms with Crippen LogP contribution in [0.3, 0.4) is 0 Å². The van der Waals surface area contributed by atoms with Gasteiger partial charge in [0, 0.05) is 37.3 Å². The molecule has 1 aromatic carbocycles. The molecule has 98 valence electrons. The van der Waals surface area contributed by atoms with Gasteiger partial charge in [0.2, 0.25) is 0 Å². The number of nitrogens with zero attached hydrogens (tertiary/aromatic N) is 1. The van der Waals surface area contributed by atoms with Crippen molar-refractivity contribution in [2.24, 2.45) is 5.41 Å². The Bertz CT molecular complexity index is 458. The second-order valence-electron chi connectivity index (χ2n) is 7.21. The zero-order valence-electron chi connectivity index (χ0n) is 12.0. The number of rotatable bonds is 1. The zero-order chi connectivity index (χ0) is 13.0. The summed E-state index contributed by atoms with van der Waals surface area (Å²) in [6.07, 6.45) is 0. The summed E-state index contributed by atoms with van der Waals surface area (Å²) in [5.41, 5.74) is 5.14. The lowest BCUT2D eigenvalue weighted by molar-refractivity contribution is 0.121. The van der Waals surface area contributed by atoms with Crippen LogP contribution in [0.25, 0.3) is 0 Å². The Labute approximate surface area is 110 Å². The molecule has 3 rings (SSSR count). The molecule has 1 aromatic rings. The Hall–Kier alpha value is -1.02. The van der Waals surface area contributed by atoms with E-state index in [9.17, 15) is 0 Å². The van der Waals surface area contributed by atoms with Crippen molar-refractivity contribution in [1.29, 1.82) is 0 Å². The summed E-state index contributed by atoms with van der Waals surface area (Å²) < 4.78 is 0. The fourth-order valence-corrected chi connectivity index (χ4v) is 3.11. The van der Waals surface area contributed by atoms with Crippen molar-refractivity contribution in [3.8, 4) is 0 Å². The molecule has 2 nitrogen and oxygen atoms in total. The second-order valence-corrected chi connectivity index (χ2v) is 7.21. The van der Waals surface area contributed by atoms with Crippen molar-refractivity contribution < 1.29 is 0 Å². The van der Waals surface area contributed by atoms with Crippen LogP contribution in [0.5, 0.6) is 0 Å². The van der Waals surface area contributed by atoms with Crippen molar-refractivity contribution in [3.63, 3.8) is 0 Å². The minimum absolute atomic E-state index is 0.247. The number of hydrogen-bond acceptors (Lipinski definition) is 2. The molecule has 0 aromatic heterocycles. The third-order valence-electron chi connectivity index (χ3n) is 4.46. The topological polar surface area (TPSA) is 15.3 Å². The molecule has 0 unspecified atom stereocenters. The molecule has 2 heteroatoms. The maximum Gasteiger partial charge on any atom is 0.0396 e. The van der Waals surface area contributed by atoms with E-state index >= 15 is 0 Å². The summed E-state index contributed by atoms with van der Waals surface area (Å²) in [4.78, 5) is 2.53. The lowest BCUT2D eigenvalue weighted by Crippen LogP contribution is -2.71. The monoisotopic (exact) mass is 244 g/mol. The van der Waals surface area contributed by atoms with E-state index in [0.717, 1.165) is 0 Å². The molecule has 0 saturated carbocycles. The summed E-state index contributed by atoms with van der Waals surface area (Å²) in [5, 5.41) is 3.39. The van der Waals surface area contributed by atoms with E-state index < -0.39 is 0 Å². The first-order chi connectivity index (χ1) is 8.40. The largest absolute Gasteiger partial charge is 0.370 e. The van der Waals surface area contributed by atoms with Gasteiger partial charge in [0.1, 0.15) is 0 Å².